The van der Waals surface area contributed by atoms with E-state index < -0.39 is 17.7 Å². The van der Waals surface area contributed by atoms with Gasteiger partial charge in [-0.3, -0.25) is 4.79 Å². The molecule has 1 heterocycles. The monoisotopic (exact) mass is 317 g/mol. The Morgan fingerprint density at radius 3 is 2.57 bits per heavy atom. The van der Waals surface area contributed by atoms with Crippen molar-refractivity contribution in [3.8, 4) is 0 Å². The van der Waals surface area contributed by atoms with Gasteiger partial charge in [0.1, 0.15) is 9.88 Å². The lowest BCUT2D eigenvalue weighted by atomic mass is 10.1. The summed E-state index contributed by atoms with van der Waals surface area (Å²) in [6.45, 7) is 8.07. The van der Waals surface area contributed by atoms with Crippen molar-refractivity contribution in [2.75, 3.05) is 0 Å². The van der Waals surface area contributed by atoms with Crippen molar-refractivity contribution in [3.05, 3.63) is 52.2 Å². The zero-order valence-corrected chi connectivity index (χ0v) is 12.1. The largest absolute Gasteiger partial charge is 0.416 e. The molecule has 1 aromatic rings. The van der Waals surface area contributed by atoms with Gasteiger partial charge in [-0.05, 0) is 18.6 Å². The molecule has 0 aliphatic heterocycles. The Morgan fingerprint density at radius 2 is 2.14 bits per heavy atom. The topological polar surface area (TPSA) is 68.0 Å². The Balaban J connectivity index is 2.85. The minimum absolute atomic E-state index is 0.166. The number of nitrogens with two attached hydrogens (primary N) is 1. The normalized spacial score (nSPS) is 12.1. The minimum atomic E-state index is -4.56. The first kappa shape index (κ1) is 17.1. The van der Waals surface area contributed by atoms with Gasteiger partial charge in [0.25, 0.3) is 5.91 Å². The Kier molecular flexibility index (Phi) is 5.45. The third-order valence-electron chi connectivity index (χ3n) is 2.31. The molecule has 114 valence electrons. The first-order valence-electron chi connectivity index (χ1n) is 5.75. The number of hydrogen-bond donors (Lipinski definition) is 2. The third kappa shape index (κ3) is 4.83. The van der Waals surface area contributed by atoms with E-state index in [4.69, 9.17) is 5.73 Å². The molecule has 0 aliphatic rings. The molecule has 8 heteroatoms. The maximum atomic E-state index is 12.7. The van der Waals surface area contributed by atoms with Crippen LogP contribution >= 0.6 is 11.3 Å². The van der Waals surface area contributed by atoms with E-state index in [1.165, 1.54) is 13.1 Å². The van der Waals surface area contributed by atoms with Gasteiger partial charge < -0.3 is 11.1 Å². The van der Waals surface area contributed by atoms with Gasteiger partial charge in [-0.2, -0.15) is 13.2 Å². The van der Waals surface area contributed by atoms with Crippen LogP contribution in [0, 0.1) is 0 Å². The minimum Gasteiger partial charge on any atom is -0.325 e. The zero-order chi connectivity index (χ0) is 16.2. The van der Waals surface area contributed by atoms with Crippen molar-refractivity contribution >= 4 is 17.2 Å². The van der Waals surface area contributed by atoms with E-state index in [2.05, 4.69) is 23.5 Å². The molecule has 0 unspecified atom stereocenters. The number of nitrogens with one attached hydrogen (secondary N) is 1. The second-order valence-electron chi connectivity index (χ2n) is 4.14. The fourth-order valence-electron chi connectivity index (χ4n) is 1.37. The van der Waals surface area contributed by atoms with E-state index in [0.29, 0.717) is 5.01 Å². The van der Waals surface area contributed by atoms with Crippen LogP contribution in [0.1, 0.15) is 21.6 Å². The number of rotatable bonds is 5. The van der Waals surface area contributed by atoms with Crippen molar-refractivity contribution < 1.29 is 18.0 Å². The zero-order valence-electron chi connectivity index (χ0n) is 11.3. The van der Waals surface area contributed by atoms with Crippen LogP contribution in [-0.4, -0.2) is 17.1 Å². The maximum absolute atomic E-state index is 12.7. The fourth-order valence-corrected chi connectivity index (χ4v) is 2.07. The summed E-state index contributed by atoms with van der Waals surface area (Å²) in [5.41, 5.74) is 4.07. The lowest BCUT2D eigenvalue weighted by Gasteiger charge is -2.12. The molecule has 0 saturated heterocycles. The van der Waals surface area contributed by atoms with Crippen molar-refractivity contribution in [3.63, 3.8) is 0 Å². The molecule has 0 aromatic carbocycles. The van der Waals surface area contributed by atoms with E-state index >= 15 is 0 Å². The van der Waals surface area contributed by atoms with Gasteiger partial charge in [-0.15, -0.1) is 11.3 Å². The predicted octanol–water partition coefficient (Wildman–Crippen LogP) is 2.91. The molecule has 21 heavy (non-hydrogen) atoms. The number of aromatic nitrogens is 1. The summed E-state index contributed by atoms with van der Waals surface area (Å²) in [6, 6.07) is 0. The molecular weight excluding hydrogens is 303 g/mol. The van der Waals surface area contributed by atoms with Crippen LogP contribution in [0.2, 0.25) is 0 Å². The number of halogens is 3. The Labute approximate surface area is 123 Å². The summed E-state index contributed by atoms with van der Waals surface area (Å²) in [7, 11) is 0. The summed E-state index contributed by atoms with van der Waals surface area (Å²) in [6.07, 6.45) is -2.51. The predicted molar refractivity (Wildman–Crippen MR) is 75.6 cm³/mol. The molecule has 1 rings (SSSR count). The summed E-state index contributed by atoms with van der Waals surface area (Å²) in [5, 5.41) is 2.82. The van der Waals surface area contributed by atoms with Crippen LogP contribution in [0.5, 0.6) is 0 Å². The fraction of sp³-hybridized carbons (Fsp3) is 0.231. The van der Waals surface area contributed by atoms with Gasteiger partial charge in [0.05, 0.1) is 11.8 Å². The van der Waals surface area contributed by atoms with Crippen LogP contribution in [0.4, 0.5) is 13.2 Å². The molecule has 1 amide bonds. The maximum Gasteiger partial charge on any atom is 0.416 e. The highest BCUT2D eigenvalue weighted by molar-refractivity contribution is 7.13. The number of allylic oxidation sites excluding steroid dienone is 3. The van der Waals surface area contributed by atoms with Gasteiger partial charge in [-0.25, -0.2) is 4.98 Å². The van der Waals surface area contributed by atoms with Crippen LogP contribution in [0.15, 0.2) is 42.3 Å². The molecule has 0 atom stereocenters. The second kappa shape index (κ2) is 6.68. The number of thiazole rings is 1. The van der Waals surface area contributed by atoms with Crippen LogP contribution in [-0.2, 0) is 6.54 Å². The van der Waals surface area contributed by atoms with Crippen molar-refractivity contribution in [2.24, 2.45) is 5.73 Å². The number of nitrogens with zero attached hydrogens (tertiary/aromatic N) is 1. The number of carbonyl (C=O) groups excluding carboxylic acids is 1. The second-order valence-corrected chi connectivity index (χ2v) is 5.25. The highest BCUT2D eigenvalue weighted by Crippen LogP contribution is 2.30. The van der Waals surface area contributed by atoms with Crippen LogP contribution in [0.3, 0.4) is 0 Å². The molecule has 4 nitrogen and oxygen atoms in total. The van der Waals surface area contributed by atoms with E-state index in [1.807, 2.05) is 0 Å². The van der Waals surface area contributed by atoms with Gasteiger partial charge in [0.15, 0.2) is 0 Å². The van der Waals surface area contributed by atoms with E-state index in [-0.39, 0.29) is 22.7 Å². The average Bonchev–Trinajstić information content (AvgIpc) is 2.83. The molecule has 0 radical (unpaired) electrons. The van der Waals surface area contributed by atoms with E-state index in [9.17, 15) is 18.0 Å². The highest BCUT2D eigenvalue weighted by Gasteiger charge is 2.34. The molecule has 0 bridgehead atoms. The lowest BCUT2D eigenvalue weighted by molar-refractivity contribution is -0.0893. The smallest absolute Gasteiger partial charge is 0.325 e. The van der Waals surface area contributed by atoms with Crippen molar-refractivity contribution in [1.82, 2.24) is 10.3 Å². The molecule has 3 N–H and O–H groups in total. The Morgan fingerprint density at radius 1 is 1.52 bits per heavy atom. The quantitative estimate of drug-likeness (QED) is 0.821. The van der Waals surface area contributed by atoms with Gasteiger partial charge >= 0.3 is 6.18 Å². The molecule has 0 aliphatic carbocycles. The SMILES string of the molecule is C=C(/C=C(\C(=C)C)C(F)(F)F)NC(=O)c1cnc(CN)s1. The Hall–Kier alpha value is -1.93. The van der Waals surface area contributed by atoms with Crippen molar-refractivity contribution in [1.29, 1.82) is 0 Å². The van der Waals surface area contributed by atoms with Gasteiger partial charge in [-0.1, -0.05) is 13.2 Å². The van der Waals surface area contributed by atoms with Gasteiger partial charge in [0.2, 0.25) is 0 Å². The van der Waals surface area contributed by atoms with E-state index in [1.54, 1.807) is 0 Å². The molecule has 0 saturated carbocycles. The molecule has 1 aromatic heterocycles. The van der Waals surface area contributed by atoms with Crippen molar-refractivity contribution in [2.45, 2.75) is 19.6 Å². The first-order valence-corrected chi connectivity index (χ1v) is 6.56. The summed E-state index contributed by atoms with van der Waals surface area (Å²) in [4.78, 5) is 15.9. The number of amides is 1. The molecule has 0 spiro atoms. The van der Waals surface area contributed by atoms with Gasteiger partial charge in [0, 0.05) is 12.2 Å². The number of hydrogen-bond acceptors (Lipinski definition) is 4. The van der Waals surface area contributed by atoms with E-state index in [0.717, 1.165) is 17.4 Å². The number of alkyl halides is 3. The highest BCUT2D eigenvalue weighted by atomic mass is 32.1. The number of carbonyl (C=O) groups is 1. The summed E-state index contributed by atoms with van der Waals surface area (Å²) >= 11 is 1.06. The third-order valence-corrected chi connectivity index (χ3v) is 3.33. The molecule has 0 fully saturated rings. The average molecular weight is 317 g/mol. The van der Waals surface area contributed by atoms with Crippen LogP contribution < -0.4 is 11.1 Å². The van der Waals surface area contributed by atoms with Crippen LogP contribution in [0.25, 0.3) is 0 Å². The molecular formula is C13H14F3N3OS. The lowest BCUT2D eigenvalue weighted by Crippen LogP contribution is -2.22. The Bertz CT molecular complexity index is 602. The first-order chi connectivity index (χ1) is 9.65. The summed E-state index contributed by atoms with van der Waals surface area (Å²) in [5.74, 6) is -0.586. The standard InChI is InChI=1S/C13H14F3N3OS/c1-7(2)9(13(14,15)16)4-8(3)19-12(20)10-6-18-11(5-17)21-10/h4,6H,1,3,5,17H2,2H3,(H,19,20)/b9-4+. The summed E-state index contributed by atoms with van der Waals surface area (Å²) < 4.78 is 38.2.